The summed E-state index contributed by atoms with van der Waals surface area (Å²) in [7, 11) is 0. The van der Waals surface area contributed by atoms with E-state index in [9.17, 15) is 39.8 Å². The second-order valence-electron chi connectivity index (χ2n) is 8.82. The predicted molar refractivity (Wildman–Crippen MR) is 147 cm³/mol. The fourth-order valence-electron chi connectivity index (χ4n) is 4.14. The number of phenolic OH excluding ortho intramolecular Hbond substituents is 1. The maximum Gasteiger partial charge on any atom is 0.301 e. The van der Waals surface area contributed by atoms with Crippen molar-refractivity contribution < 1.29 is 24.3 Å². The van der Waals surface area contributed by atoms with Crippen LogP contribution in [0.3, 0.4) is 0 Å². The third-order valence-electron chi connectivity index (χ3n) is 6.18. The number of aromatic hydroxyl groups is 1. The number of nitrogens with one attached hydrogen (secondary N) is 1. The Morgan fingerprint density at radius 1 is 0.929 bits per heavy atom. The van der Waals surface area contributed by atoms with E-state index in [1.165, 1.54) is 35.1 Å². The van der Waals surface area contributed by atoms with Crippen LogP contribution in [0.25, 0.3) is 16.7 Å². The molecule has 210 valence electrons. The standard InChI is InChI=1S/C26H17FN8O7/c1-14-20-10-15(13-28-26(20)32(31-14)17-3-5-18(6-4-17)33(37)38)25(21-11-16(27)2-9-24(21)36)30-29-22-8-7-19(34(39)40)12-23(22)35(41)42/h2-13,29,36H,1H3/b30-25-. The Bertz CT molecular complexity index is 1940. The minimum Gasteiger partial charge on any atom is -0.507 e. The summed E-state index contributed by atoms with van der Waals surface area (Å²) >= 11 is 0. The summed E-state index contributed by atoms with van der Waals surface area (Å²) in [6.45, 7) is 1.70. The van der Waals surface area contributed by atoms with E-state index in [1.54, 1.807) is 13.0 Å². The molecule has 0 saturated heterocycles. The Kier molecular flexibility index (Phi) is 6.93. The SMILES string of the molecule is Cc1nn(-c2ccc([N+](=O)[O-])cc2)c2ncc(/C(=N/Nc3ccc([N+](=O)[O-])cc3[N+](=O)[O-])c3cc(F)ccc3O)cc12. The maximum atomic E-state index is 14.3. The van der Waals surface area contributed by atoms with E-state index in [2.05, 4.69) is 20.6 Å². The lowest BCUT2D eigenvalue weighted by Crippen LogP contribution is -2.09. The van der Waals surface area contributed by atoms with Gasteiger partial charge in [-0.25, -0.2) is 14.1 Å². The number of hydrazone groups is 1. The van der Waals surface area contributed by atoms with Gasteiger partial charge in [0.2, 0.25) is 0 Å². The van der Waals surface area contributed by atoms with Gasteiger partial charge in [0.15, 0.2) is 5.65 Å². The molecule has 0 aliphatic carbocycles. The van der Waals surface area contributed by atoms with Crippen molar-refractivity contribution in [1.82, 2.24) is 14.8 Å². The summed E-state index contributed by atoms with van der Waals surface area (Å²) < 4.78 is 15.7. The highest BCUT2D eigenvalue weighted by molar-refractivity contribution is 6.15. The Balaban J connectivity index is 1.63. The van der Waals surface area contributed by atoms with Crippen molar-refractivity contribution in [2.45, 2.75) is 6.92 Å². The number of pyridine rings is 1. The van der Waals surface area contributed by atoms with E-state index in [0.717, 1.165) is 36.4 Å². The lowest BCUT2D eigenvalue weighted by Gasteiger charge is -2.11. The zero-order valence-corrected chi connectivity index (χ0v) is 21.3. The number of fused-ring (bicyclic) bond motifs is 1. The van der Waals surface area contributed by atoms with Crippen molar-refractivity contribution in [2.75, 3.05) is 5.43 Å². The van der Waals surface area contributed by atoms with Gasteiger partial charge in [0.1, 0.15) is 23.0 Å². The van der Waals surface area contributed by atoms with Crippen LogP contribution >= 0.6 is 0 Å². The number of phenols is 1. The molecule has 5 rings (SSSR count). The first-order chi connectivity index (χ1) is 20.0. The number of aryl methyl sites for hydroxylation is 1. The first-order valence-corrected chi connectivity index (χ1v) is 11.9. The van der Waals surface area contributed by atoms with Crippen molar-refractivity contribution in [3.05, 3.63) is 126 Å². The van der Waals surface area contributed by atoms with Crippen molar-refractivity contribution in [3.63, 3.8) is 0 Å². The lowest BCUT2D eigenvalue weighted by molar-refractivity contribution is -0.393. The minimum absolute atomic E-state index is 0.0588. The van der Waals surface area contributed by atoms with E-state index in [4.69, 9.17) is 0 Å². The van der Waals surface area contributed by atoms with Gasteiger partial charge < -0.3 is 5.11 Å². The van der Waals surface area contributed by atoms with Gasteiger partial charge >= 0.3 is 5.69 Å². The van der Waals surface area contributed by atoms with E-state index >= 15 is 0 Å². The van der Waals surface area contributed by atoms with Crippen LogP contribution in [0.4, 0.5) is 27.1 Å². The van der Waals surface area contributed by atoms with Gasteiger partial charge in [0.25, 0.3) is 11.4 Å². The second kappa shape index (κ2) is 10.7. The Morgan fingerprint density at radius 3 is 2.29 bits per heavy atom. The number of non-ortho nitro benzene ring substituents is 2. The highest BCUT2D eigenvalue weighted by Crippen LogP contribution is 2.31. The van der Waals surface area contributed by atoms with Crippen molar-refractivity contribution in [2.24, 2.45) is 5.10 Å². The molecule has 0 spiro atoms. The fraction of sp³-hybridized carbons (Fsp3) is 0.0385. The number of nitro groups is 3. The number of benzene rings is 3. The van der Waals surface area contributed by atoms with E-state index < -0.39 is 32.0 Å². The highest BCUT2D eigenvalue weighted by atomic mass is 19.1. The predicted octanol–water partition coefficient (Wildman–Crippen LogP) is 5.16. The molecule has 0 bridgehead atoms. The van der Waals surface area contributed by atoms with E-state index in [0.29, 0.717) is 22.4 Å². The number of aromatic nitrogens is 3. The first-order valence-electron chi connectivity index (χ1n) is 11.9. The van der Waals surface area contributed by atoms with Gasteiger partial charge in [-0.3, -0.25) is 35.8 Å². The zero-order valence-electron chi connectivity index (χ0n) is 21.3. The van der Waals surface area contributed by atoms with Gasteiger partial charge in [-0.15, -0.1) is 0 Å². The molecule has 2 heterocycles. The summed E-state index contributed by atoms with van der Waals surface area (Å²) in [6.07, 6.45) is 1.36. The molecular formula is C26H17FN8O7. The van der Waals surface area contributed by atoms with Crippen LogP contribution in [0, 0.1) is 43.1 Å². The molecule has 0 fully saturated rings. The number of halogens is 1. The monoisotopic (exact) mass is 572 g/mol. The van der Waals surface area contributed by atoms with Crippen LogP contribution in [-0.2, 0) is 0 Å². The second-order valence-corrected chi connectivity index (χ2v) is 8.82. The minimum atomic E-state index is -0.826. The topological polar surface area (TPSA) is 205 Å². The molecule has 0 amide bonds. The Labute approximate surface area is 233 Å². The third kappa shape index (κ3) is 5.14. The summed E-state index contributed by atoms with van der Waals surface area (Å²) in [4.78, 5) is 36.0. The van der Waals surface area contributed by atoms with Crippen molar-refractivity contribution >= 4 is 39.5 Å². The quantitative estimate of drug-likeness (QED) is 0.142. The van der Waals surface area contributed by atoms with Crippen LogP contribution in [-0.4, -0.2) is 40.4 Å². The number of nitrogens with zero attached hydrogens (tertiary/aromatic N) is 7. The van der Waals surface area contributed by atoms with Crippen LogP contribution in [0.5, 0.6) is 5.75 Å². The Hall–Kier alpha value is -6.32. The molecule has 5 aromatic rings. The molecule has 16 heteroatoms. The molecule has 3 aromatic carbocycles. The van der Waals surface area contributed by atoms with Gasteiger partial charge in [-0.05, 0) is 49.4 Å². The van der Waals surface area contributed by atoms with Crippen molar-refractivity contribution in [1.29, 1.82) is 0 Å². The third-order valence-corrected chi connectivity index (χ3v) is 6.18. The van der Waals surface area contributed by atoms with Gasteiger partial charge in [0, 0.05) is 40.9 Å². The van der Waals surface area contributed by atoms with Gasteiger partial charge in [-0.2, -0.15) is 10.2 Å². The molecule has 0 radical (unpaired) electrons. The average molecular weight is 572 g/mol. The Morgan fingerprint density at radius 2 is 1.62 bits per heavy atom. The smallest absolute Gasteiger partial charge is 0.301 e. The number of rotatable bonds is 8. The maximum absolute atomic E-state index is 14.3. The zero-order chi connectivity index (χ0) is 30.1. The number of hydrogen-bond acceptors (Lipinski definition) is 11. The lowest BCUT2D eigenvalue weighted by atomic mass is 10.0. The van der Waals surface area contributed by atoms with E-state index in [1.807, 2.05) is 0 Å². The van der Waals surface area contributed by atoms with E-state index in [-0.39, 0.29) is 34.0 Å². The molecule has 0 aliphatic heterocycles. The first kappa shape index (κ1) is 27.3. The summed E-state index contributed by atoms with van der Waals surface area (Å²) in [5.74, 6) is -1.05. The molecule has 2 N–H and O–H groups in total. The van der Waals surface area contributed by atoms with Gasteiger partial charge in [0.05, 0.1) is 32.2 Å². The normalized spacial score (nSPS) is 11.4. The van der Waals surface area contributed by atoms with Crippen LogP contribution in [0.2, 0.25) is 0 Å². The highest BCUT2D eigenvalue weighted by Gasteiger charge is 2.21. The molecule has 2 aromatic heterocycles. The summed E-state index contributed by atoms with van der Waals surface area (Å²) in [6, 6.07) is 13.4. The largest absolute Gasteiger partial charge is 0.507 e. The number of hydrogen-bond donors (Lipinski definition) is 2. The summed E-state index contributed by atoms with van der Waals surface area (Å²) in [5.41, 5.74) is 2.58. The molecule has 0 atom stereocenters. The number of nitro benzene ring substituents is 3. The molecule has 42 heavy (non-hydrogen) atoms. The number of anilines is 1. The van der Waals surface area contributed by atoms with Crippen LogP contribution in [0.15, 0.2) is 78.0 Å². The molecule has 0 unspecified atom stereocenters. The van der Waals surface area contributed by atoms with Gasteiger partial charge in [-0.1, -0.05) is 0 Å². The molecule has 15 nitrogen and oxygen atoms in total. The van der Waals surface area contributed by atoms with Crippen LogP contribution in [0.1, 0.15) is 16.8 Å². The molecule has 0 aliphatic rings. The fourth-order valence-corrected chi connectivity index (χ4v) is 4.14. The van der Waals surface area contributed by atoms with Crippen LogP contribution < -0.4 is 5.43 Å². The summed E-state index contributed by atoms with van der Waals surface area (Å²) in [5, 5.41) is 53.5. The molecular weight excluding hydrogens is 555 g/mol. The average Bonchev–Trinajstić information content (AvgIpc) is 3.30. The molecule has 0 saturated carbocycles. The van der Waals surface area contributed by atoms with Crippen molar-refractivity contribution in [3.8, 4) is 11.4 Å².